The highest BCUT2D eigenvalue weighted by molar-refractivity contribution is 7.99. The fourth-order valence-electron chi connectivity index (χ4n) is 3.25. The number of fused-ring (bicyclic) bond motifs is 1. The highest BCUT2D eigenvalue weighted by Crippen LogP contribution is 2.37. The molecule has 0 aliphatic rings. The molecule has 146 valence electrons. The van der Waals surface area contributed by atoms with Crippen LogP contribution in [0.4, 0.5) is 4.39 Å². The Labute approximate surface area is 173 Å². The number of para-hydroxylation sites is 1. The normalized spacial score (nSPS) is 11.0. The van der Waals surface area contributed by atoms with Gasteiger partial charge in [-0.15, -0.1) is 11.8 Å². The Morgan fingerprint density at radius 3 is 2.52 bits per heavy atom. The van der Waals surface area contributed by atoms with E-state index < -0.39 is 5.82 Å². The molecule has 0 atom stereocenters. The third kappa shape index (κ3) is 4.20. The molecule has 4 aromatic rings. The summed E-state index contributed by atoms with van der Waals surface area (Å²) in [5.41, 5.74) is 4.59. The molecule has 0 radical (unpaired) electrons. The summed E-state index contributed by atoms with van der Waals surface area (Å²) in [5.74, 6) is -0.210. The number of aromatic nitrogens is 1. The van der Waals surface area contributed by atoms with Crippen molar-refractivity contribution in [2.75, 3.05) is 12.3 Å². The van der Waals surface area contributed by atoms with Crippen molar-refractivity contribution in [3.8, 4) is 11.3 Å². The van der Waals surface area contributed by atoms with Gasteiger partial charge in [0.1, 0.15) is 5.82 Å². The summed E-state index contributed by atoms with van der Waals surface area (Å²) in [6, 6.07) is 22.7. The zero-order valence-corrected chi connectivity index (χ0v) is 16.9. The number of thioether (sulfide) groups is 1. The minimum Gasteiger partial charge on any atom is -0.354 e. The number of carbonyl (C=O) groups is 1. The van der Waals surface area contributed by atoms with Gasteiger partial charge < -0.3 is 10.3 Å². The van der Waals surface area contributed by atoms with Crippen molar-refractivity contribution in [1.29, 1.82) is 0 Å². The third-order valence-electron chi connectivity index (χ3n) is 4.75. The molecule has 3 nitrogen and oxygen atoms in total. The lowest BCUT2D eigenvalue weighted by Gasteiger charge is -2.08. The first-order valence-electron chi connectivity index (χ1n) is 9.47. The van der Waals surface area contributed by atoms with Crippen LogP contribution >= 0.6 is 11.8 Å². The van der Waals surface area contributed by atoms with Crippen molar-refractivity contribution in [1.82, 2.24) is 10.3 Å². The minimum absolute atomic E-state index is 0.0740. The van der Waals surface area contributed by atoms with E-state index in [1.165, 1.54) is 17.7 Å². The Bertz CT molecular complexity index is 1150. The standard InChI is InChI=1S/C24H21FN2OS/c1-16-10-12-17(13-11-16)22-23(19-7-3-5-9-21(19)27-22)29-15-14-26-24(28)18-6-2-4-8-20(18)25/h2-13,27H,14-15H2,1H3,(H,26,28). The maximum atomic E-state index is 13.7. The SMILES string of the molecule is Cc1ccc(-c2[nH]c3ccccc3c2SCCNC(=O)c2ccccc2F)cc1. The Morgan fingerprint density at radius 1 is 1.00 bits per heavy atom. The Balaban J connectivity index is 1.50. The molecule has 29 heavy (non-hydrogen) atoms. The lowest BCUT2D eigenvalue weighted by atomic mass is 10.1. The zero-order valence-electron chi connectivity index (χ0n) is 16.0. The van der Waals surface area contributed by atoms with Crippen LogP contribution in [0.5, 0.6) is 0 Å². The number of nitrogens with one attached hydrogen (secondary N) is 2. The third-order valence-corrected chi connectivity index (χ3v) is 5.87. The van der Waals surface area contributed by atoms with E-state index >= 15 is 0 Å². The number of halogens is 1. The zero-order chi connectivity index (χ0) is 20.2. The van der Waals surface area contributed by atoms with Crippen LogP contribution < -0.4 is 5.32 Å². The van der Waals surface area contributed by atoms with Gasteiger partial charge in [-0.3, -0.25) is 4.79 Å². The number of rotatable bonds is 6. The van der Waals surface area contributed by atoms with E-state index in [9.17, 15) is 9.18 Å². The number of hydrogen-bond acceptors (Lipinski definition) is 2. The van der Waals surface area contributed by atoms with Crippen molar-refractivity contribution < 1.29 is 9.18 Å². The van der Waals surface area contributed by atoms with Gasteiger partial charge in [-0.2, -0.15) is 0 Å². The van der Waals surface area contributed by atoms with Crippen molar-refractivity contribution in [2.24, 2.45) is 0 Å². The number of carbonyl (C=O) groups excluding carboxylic acids is 1. The van der Waals surface area contributed by atoms with E-state index in [0.29, 0.717) is 12.3 Å². The van der Waals surface area contributed by atoms with Gasteiger partial charge in [0.2, 0.25) is 0 Å². The molecule has 3 aromatic carbocycles. The lowest BCUT2D eigenvalue weighted by Crippen LogP contribution is -2.26. The van der Waals surface area contributed by atoms with Crippen LogP contribution in [0.3, 0.4) is 0 Å². The van der Waals surface area contributed by atoms with Crippen LogP contribution in [0, 0.1) is 12.7 Å². The van der Waals surface area contributed by atoms with E-state index in [1.807, 2.05) is 12.1 Å². The maximum absolute atomic E-state index is 13.7. The average Bonchev–Trinajstić information content (AvgIpc) is 3.10. The first-order chi connectivity index (χ1) is 14.1. The van der Waals surface area contributed by atoms with E-state index in [-0.39, 0.29) is 11.5 Å². The summed E-state index contributed by atoms with van der Waals surface area (Å²) < 4.78 is 13.7. The van der Waals surface area contributed by atoms with E-state index in [4.69, 9.17) is 0 Å². The van der Waals surface area contributed by atoms with Crippen molar-refractivity contribution in [2.45, 2.75) is 11.8 Å². The van der Waals surface area contributed by atoms with E-state index in [2.05, 4.69) is 53.6 Å². The maximum Gasteiger partial charge on any atom is 0.254 e. The van der Waals surface area contributed by atoms with Gasteiger partial charge >= 0.3 is 0 Å². The second kappa shape index (κ2) is 8.53. The topological polar surface area (TPSA) is 44.9 Å². The van der Waals surface area contributed by atoms with Gasteiger partial charge in [0.05, 0.1) is 11.3 Å². The summed E-state index contributed by atoms with van der Waals surface area (Å²) in [6.45, 7) is 2.52. The summed E-state index contributed by atoms with van der Waals surface area (Å²) in [6.07, 6.45) is 0. The van der Waals surface area contributed by atoms with Crippen LogP contribution in [0.1, 0.15) is 15.9 Å². The molecule has 1 aromatic heterocycles. The molecule has 1 heterocycles. The molecule has 0 saturated heterocycles. The fraction of sp³-hybridized carbons (Fsp3) is 0.125. The Kier molecular flexibility index (Phi) is 5.67. The molecular formula is C24H21FN2OS. The van der Waals surface area contributed by atoms with Gasteiger partial charge in [0.25, 0.3) is 5.91 Å². The fourth-order valence-corrected chi connectivity index (χ4v) is 4.30. The van der Waals surface area contributed by atoms with Crippen molar-refractivity contribution in [3.63, 3.8) is 0 Å². The van der Waals surface area contributed by atoms with Gasteiger partial charge in [0, 0.05) is 28.1 Å². The number of aryl methyl sites for hydroxylation is 1. The van der Waals surface area contributed by atoms with Gasteiger partial charge in [-0.05, 0) is 30.7 Å². The number of benzene rings is 3. The van der Waals surface area contributed by atoms with Crippen LogP contribution in [0.2, 0.25) is 0 Å². The molecule has 1 amide bonds. The summed E-state index contributed by atoms with van der Waals surface area (Å²) in [4.78, 5) is 16.9. The molecule has 0 aliphatic heterocycles. The van der Waals surface area contributed by atoms with Crippen LogP contribution in [0.25, 0.3) is 22.2 Å². The Hall–Kier alpha value is -3.05. The molecule has 0 bridgehead atoms. The molecular weight excluding hydrogens is 383 g/mol. The summed E-state index contributed by atoms with van der Waals surface area (Å²) in [5, 5.41) is 3.97. The van der Waals surface area contributed by atoms with Crippen LogP contribution in [-0.4, -0.2) is 23.2 Å². The quantitative estimate of drug-likeness (QED) is 0.315. The lowest BCUT2D eigenvalue weighted by molar-refractivity contribution is 0.0952. The molecule has 0 unspecified atom stereocenters. The second-order valence-corrected chi connectivity index (χ2v) is 7.93. The molecule has 0 fully saturated rings. The largest absolute Gasteiger partial charge is 0.354 e. The highest BCUT2D eigenvalue weighted by Gasteiger charge is 2.14. The first kappa shape index (κ1) is 19.3. The smallest absolute Gasteiger partial charge is 0.254 e. The van der Waals surface area contributed by atoms with Gasteiger partial charge in [-0.1, -0.05) is 60.2 Å². The average molecular weight is 405 g/mol. The number of aromatic amines is 1. The van der Waals surface area contributed by atoms with E-state index in [1.54, 1.807) is 23.9 Å². The predicted octanol–water partition coefficient (Wildman–Crippen LogP) is 5.80. The Morgan fingerprint density at radius 2 is 1.72 bits per heavy atom. The molecule has 0 spiro atoms. The monoisotopic (exact) mass is 404 g/mol. The van der Waals surface area contributed by atoms with E-state index in [0.717, 1.165) is 27.1 Å². The van der Waals surface area contributed by atoms with Crippen LogP contribution in [0.15, 0.2) is 77.7 Å². The van der Waals surface area contributed by atoms with Crippen molar-refractivity contribution >= 4 is 28.6 Å². The summed E-state index contributed by atoms with van der Waals surface area (Å²) >= 11 is 1.68. The highest BCUT2D eigenvalue weighted by atomic mass is 32.2. The molecule has 4 rings (SSSR count). The van der Waals surface area contributed by atoms with Crippen molar-refractivity contribution in [3.05, 3.63) is 89.7 Å². The predicted molar refractivity (Wildman–Crippen MR) is 118 cm³/mol. The number of H-pyrrole nitrogens is 1. The molecule has 0 saturated carbocycles. The molecule has 2 N–H and O–H groups in total. The van der Waals surface area contributed by atoms with Gasteiger partial charge in [0.15, 0.2) is 0 Å². The van der Waals surface area contributed by atoms with Gasteiger partial charge in [-0.25, -0.2) is 4.39 Å². The molecule has 0 aliphatic carbocycles. The minimum atomic E-state index is -0.504. The number of hydrogen-bond donors (Lipinski definition) is 2. The first-order valence-corrected chi connectivity index (χ1v) is 10.5. The summed E-state index contributed by atoms with van der Waals surface area (Å²) in [7, 11) is 0. The second-order valence-electron chi connectivity index (χ2n) is 6.82. The van der Waals surface area contributed by atoms with Crippen LogP contribution in [-0.2, 0) is 0 Å². The molecule has 5 heteroatoms. The number of amides is 1.